The Morgan fingerprint density at radius 2 is 1.69 bits per heavy atom. The lowest BCUT2D eigenvalue weighted by molar-refractivity contribution is 0.165. The number of rotatable bonds is 7. The summed E-state index contributed by atoms with van der Waals surface area (Å²) in [5, 5.41) is 2.79. The van der Waals surface area contributed by atoms with Crippen molar-refractivity contribution in [2.75, 3.05) is 26.2 Å². The van der Waals surface area contributed by atoms with E-state index in [0.717, 1.165) is 44.6 Å². The number of ether oxygens (including phenoxy) is 1. The van der Waals surface area contributed by atoms with Gasteiger partial charge in [0.2, 0.25) is 0 Å². The van der Waals surface area contributed by atoms with E-state index in [1.165, 1.54) is 11.1 Å². The van der Waals surface area contributed by atoms with Crippen LogP contribution in [0.3, 0.4) is 0 Å². The Labute approximate surface area is 155 Å². The molecular formula is C21H27N3O2. The number of nitrogens with one attached hydrogen (secondary N) is 1. The molecule has 1 heterocycles. The van der Waals surface area contributed by atoms with Gasteiger partial charge in [-0.1, -0.05) is 42.5 Å². The van der Waals surface area contributed by atoms with Gasteiger partial charge in [0.25, 0.3) is 0 Å². The van der Waals surface area contributed by atoms with Crippen molar-refractivity contribution in [3.05, 3.63) is 65.7 Å². The number of hydrogen-bond donors (Lipinski definition) is 2. The van der Waals surface area contributed by atoms with E-state index in [1.807, 2.05) is 18.2 Å². The van der Waals surface area contributed by atoms with E-state index in [1.54, 1.807) is 0 Å². The molecule has 2 aromatic rings. The van der Waals surface area contributed by atoms with Gasteiger partial charge in [0, 0.05) is 25.7 Å². The Balaban J connectivity index is 1.37. The summed E-state index contributed by atoms with van der Waals surface area (Å²) in [5.41, 5.74) is 7.77. The molecule has 5 nitrogen and oxygen atoms in total. The zero-order valence-corrected chi connectivity index (χ0v) is 15.1. The first-order valence-electron chi connectivity index (χ1n) is 9.23. The van der Waals surface area contributed by atoms with Crippen LogP contribution < -0.4 is 15.8 Å². The second-order valence-corrected chi connectivity index (χ2v) is 6.78. The third kappa shape index (κ3) is 5.77. The average Bonchev–Trinajstić information content (AvgIpc) is 2.65. The molecule has 26 heavy (non-hydrogen) atoms. The number of piperidine rings is 1. The minimum absolute atomic E-state index is 0.210. The number of nitrogens with zero attached hydrogens (tertiary/aromatic N) is 1. The van der Waals surface area contributed by atoms with Gasteiger partial charge in [-0.2, -0.15) is 0 Å². The highest BCUT2D eigenvalue weighted by Crippen LogP contribution is 2.16. The smallest absolute Gasteiger partial charge is 0.312 e. The van der Waals surface area contributed by atoms with Crippen LogP contribution in [0.25, 0.3) is 0 Å². The molecule has 138 valence electrons. The van der Waals surface area contributed by atoms with Gasteiger partial charge in [-0.15, -0.1) is 0 Å². The summed E-state index contributed by atoms with van der Waals surface area (Å²) in [6.07, 6.45) is 2.82. The minimum atomic E-state index is -0.428. The molecule has 1 fully saturated rings. The third-order valence-corrected chi connectivity index (χ3v) is 4.78. The lowest BCUT2D eigenvalue weighted by Crippen LogP contribution is -2.47. The highest BCUT2D eigenvalue weighted by atomic mass is 16.5. The predicted octanol–water partition coefficient (Wildman–Crippen LogP) is 2.79. The number of benzene rings is 2. The Kier molecular flexibility index (Phi) is 6.50. The van der Waals surface area contributed by atoms with Crippen molar-refractivity contribution in [3.63, 3.8) is 0 Å². The summed E-state index contributed by atoms with van der Waals surface area (Å²) in [6, 6.07) is 18.6. The second-order valence-electron chi connectivity index (χ2n) is 6.78. The highest BCUT2D eigenvalue weighted by molar-refractivity contribution is 5.71. The Hall–Kier alpha value is -2.53. The number of urea groups is 1. The molecular weight excluding hydrogens is 326 g/mol. The molecule has 0 bridgehead atoms. The average molecular weight is 353 g/mol. The van der Waals surface area contributed by atoms with Crippen LogP contribution in [0.5, 0.6) is 5.75 Å². The number of hydrogen-bond acceptors (Lipinski definition) is 3. The van der Waals surface area contributed by atoms with E-state index in [-0.39, 0.29) is 6.04 Å². The summed E-state index contributed by atoms with van der Waals surface area (Å²) in [5.74, 6) is 0.909. The number of carbonyl (C=O) groups excluding carboxylic acids is 1. The lowest BCUT2D eigenvalue weighted by atomic mass is 10.1. The topological polar surface area (TPSA) is 67.6 Å². The summed E-state index contributed by atoms with van der Waals surface area (Å²) in [4.78, 5) is 13.2. The van der Waals surface area contributed by atoms with Crippen molar-refractivity contribution >= 4 is 6.03 Å². The SMILES string of the molecule is NC(=O)NC1CCN(CCOc2ccc(Cc3ccccc3)cc2)CC1. The molecule has 0 spiro atoms. The zero-order chi connectivity index (χ0) is 18.2. The molecule has 0 atom stereocenters. The fraction of sp³-hybridized carbons (Fsp3) is 0.381. The van der Waals surface area contributed by atoms with Crippen molar-refractivity contribution in [1.29, 1.82) is 0 Å². The summed E-state index contributed by atoms with van der Waals surface area (Å²) in [6.45, 7) is 3.50. The van der Waals surface area contributed by atoms with Crippen LogP contribution >= 0.6 is 0 Å². The van der Waals surface area contributed by atoms with Gasteiger partial charge in [-0.25, -0.2) is 4.79 Å². The molecule has 0 radical (unpaired) electrons. The van der Waals surface area contributed by atoms with Crippen LogP contribution in [0.4, 0.5) is 4.79 Å². The summed E-state index contributed by atoms with van der Waals surface area (Å²) < 4.78 is 5.87. The molecule has 0 saturated carbocycles. The predicted molar refractivity (Wildman–Crippen MR) is 103 cm³/mol. The molecule has 0 aromatic heterocycles. The molecule has 0 aliphatic carbocycles. The Bertz CT molecular complexity index is 680. The third-order valence-electron chi connectivity index (χ3n) is 4.78. The number of likely N-dealkylation sites (tertiary alicyclic amines) is 1. The van der Waals surface area contributed by atoms with E-state index in [9.17, 15) is 4.79 Å². The Morgan fingerprint density at radius 3 is 2.35 bits per heavy atom. The maximum Gasteiger partial charge on any atom is 0.312 e. The Morgan fingerprint density at radius 1 is 1.04 bits per heavy atom. The fourth-order valence-electron chi connectivity index (χ4n) is 3.33. The zero-order valence-electron chi connectivity index (χ0n) is 15.1. The van der Waals surface area contributed by atoms with E-state index >= 15 is 0 Å². The fourth-order valence-corrected chi connectivity index (χ4v) is 3.33. The standard InChI is InChI=1S/C21H27N3O2/c22-21(25)23-19-10-12-24(13-11-19)14-15-26-20-8-6-18(7-9-20)16-17-4-2-1-3-5-17/h1-9,19H,10-16H2,(H3,22,23,25). The molecule has 2 amide bonds. The maximum atomic E-state index is 10.9. The molecule has 1 aliphatic rings. The molecule has 5 heteroatoms. The van der Waals surface area contributed by atoms with Crippen molar-refractivity contribution in [1.82, 2.24) is 10.2 Å². The van der Waals surface area contributed by atoms with Crippen LogP contribution in [0.15, 0.2) is 54.6 Å². The monoisotopic (exact) mass is 353 g/mol. The van der Waals surface area contributed by atoms with Crippen molar-refractivity contribution in [2.45, 2.75) is 25.3 Å². The lowest BCUT2D eigenvalue weighted by Gasteiger charge is -2.31. The number of carbonyl (C=O) groups is 1. The second kappa shape index (κ2) is 9.25. The van der Waals surface area contributed by atoms with Gasteiger partial charge in [-0.05, 0) is 42.5 Å². The van der Waals surface area contributed by atoms with Crippen molar-refractivity contribution in [2.24, 2.45) is 5.73 Å². The van der Waals surface area contributed by atoms with Crippen molar-refractivity contribution in [3.8, 4) is 5.75 Å². The van der Waals surface area contributed by atoms with Crippen LogP contribution in [-0.2, 0) is 6.42 Å². The first-order chi connectivity index (χ1) is 12.7. The van der Waals surface area contributed by atoms with Crippen LogP contribution in [0.1, 0.15) is 24.0 Å². The number of nitrogens with two attached hydrogens (primary N) is 1. The molecule has 3 N–H and O–H groups in total. The summed E-state index contributed by atoms with van der Waals surface area (Å²) >= 11 is 0. The number of amides is 2. The minimum Gasteiger partial charge on any atom is -0.492 e. The van der Waals surface area contributed by atoms with Gasteiger partial charge >= 0.3 is 6.03 Å². The number of primary amides is 1. The van der Waals surface area contributed by atoms with Crippen LogP contribution in [0.2, 0.25) is 0 Å². The van der Waals surface area contributed by atoms with E-state index in [0.29, 0.717) is 6.61 Å². The van der Waals surface area contributed by atoms with Gasteiger partial charge in [0.1, 0.15) is 12.4 Å². The van der Waals surface area contributed by atoms with E-state index in [4.69, 9.17) is 10.5 Å². The molecule has 3 rings (SSSR count). The van der Waals surface area contributed by atoms with Gasteiger partial charge in [-0.3, -0.25) is 4.90 Å². The quantitative estimate of drug-likeness (QED) is 0.804. The van der Waals surface area contributed by atoms with Crippen LogP contribution in [-0.4, -0.2) is 43.2 Å². The normalized spacial score (nSPS) is 15.5. The summed E-state index contributed by atoms with van der Waals surface area (Å²) in [7, 11) is 0. The van der Waals surface area contributed by atoms with Gasteiger partial charge < -0.3 is 15.8 Å². The van der Waals surface area contributed by atoms with Gasteiger partial charge in [0.15, 0.2) is 0 Å². The largest absolute Gasteiger partial charge is 0.492 e. The molecule has 0 unspecified atom stereocenters. The first kappa shape index (κ1) is 18.3. The first-order valence-corrected chi connectivity index (χ1v) is 9.23. The maximum absolute atomic E-state index is 10.9. The van der Waals surface area contributed by atoms with E-state index < -0.39 is 6.03 Å². The highest BCUT2D eigenvalue weighted by Gasteiger charge is 2.19. The van der Waals surface area contributed by atoms with Crippen LogP contribution in [0, 0.1) is 0 Å². The van der Waals surface area contributed by atoms with E-state index in [2.05, 4.69) is 46.6 Å². The molecule has 1 saturated heterocycles. The van der Waals surface area contributed by atoms with Gasteiger partial charge in [0.05, 0.1) is 0 Å². The van der Waals surface area contributed by atoms with Crippen molar-refractivity contribution < 1.29 is 9.53 Å². The molecule has 2 aromatic carbocycles. The molecule has 1 aliphatic heterocycles.